The third-order valence-electron chi connectivity index (χ3n) is 8.73. The maximum Gasteiger partial charge on any atom is 0.207 e. The van der Waals surface area contributed by atoms with Crippen LogP contribution in [0.3, 0.4) is 0 Å². The Balaban J connectivity index is 1.40. The predicted molar refractivity (Wildman–Crippen MR) is 176 cm³/mol. The van der Waals surface area contributed by atoms with Crippen molar-refractivity contribution in [2.45, 2.75) is 13.8 Å². The highest BCUT2D eigenvalue weighted by molar-refractivity contribution is 6.04. The van der Waals surface area contributed by atoms with Crippen LogP contribution < -0.4 is 19.3 Å². The van der Waals surface area contributed by atoms with E-state index < -0.39 is 0 Å². The molecule has 0 spiro atoms. The van der Waals surface area contributed by atoms with E-state index in [0.717, 1.165) is 79.8 Å². The number of aromatic nitrogens is 6. The summed E-state index contributed by atoms with van der Waals surface area (Å²) in [4.78, 5) is 4.52. The maximum absolute atomic E-state index is 6.43. The summed E-state index contributed by atoms with van der Waals surface area (Å²) in [5, 5.41) is 18.1. The van der Waals surface area contributed by atoms with Crippen LogP contribution in [0.15, 0.2) is 109 Å². The minimum absolute atomic E-state index is 0.636. The zero-order valence-electron chi connectivity index (χ0n) is 24.8. The van der Waals surface area contributed by atoms with Gasteiger partial charge in [0.1, 0.15) is 11.6 Å². The quantitative estimate of drug-likeness (QED) is 0.195. The van der Waals surface area contributed by atoms with Crippen molar-refractivity contribution in [1.29, 1.82) is 0 Å². The van der Waals surface area contributed by atoms with E-state index in [0.29, 0.717) is 11.3 Å². The van der Waals surface area contributed by atoms with Gasteiger partial charge in [-0.1, -0.05) is 48.5 Å². The van der Waals surface area contributed by atoms with Gasteiger partial charge in [-0.2, -0.15) is 0 Å². The van der Waals surface area contributed by atoms with E-state index in [1.807, 2.05) is 86.6 Å². The molecule has 2 aliphatic heterocycles. The third kappa shape index (κ3) is 3.29. The topological polar surface area (TPSA) is 85.3 Å². The Hall–Kier alpha value is -6.42. The smallest absolute Gasteiger partial charge is 0.207 e. The first kappa shape index (κ1) is 25.0. The van der Waals surface area contributed by atoms with Gasteiger partial charge in [0.2, 0.25) is 11.3 Å². The van der Waals surface area contributed by atoms with Crippen molar-refractivity contribution in [2.75, 3.05) is 9.80 Å². The number of anilines is 6. The van der Waals surface area contributed by atoms with Crippen molar-refractivity contribution >= 4 is 56.5 Å². The van der Waals surface area contributed by atoms with Crippen molar-refractivity contribution in [3.63, 3.8) is 0 Å². The van der Waals surface area contributed by atoms with Crippen molar-refractivity contribution in [1.82, 2.24) is 29.2 Å². The van der Waals surface area contributed by atoms with Crippen LogP contribution in [0.4, 0.5) is 34.1 Å². The lowest BCUT2D eigenvalue weighted by atomic mass is 10.1. The first-order valence-corrected chi connectivity index (χ1v) is 15.0. The number of nitrogens with zero attached hydrogens (tertiary/aromatic N) is 8. The van der Waals surface area contributed by atoms with Crippen LogP contribution in [0, 0.1) is 13.8 Å². The summed E-state index contributed by atoms with van der Waals surface area (Å²) >= 11 is 0. The summed E-state index contributed by atoms with van der Waals surface area (Å²) in [6, 6.07) is 36.9. The normalized spacial score (nSPS) is 13.3. The van der Waals surface area contributed by atoms with Gasteiger partial charge < -0.3 is 19.3 Å². The number of aryl methyl sites for hydroxylation is 2. The minimum atomic E-state index is 0.636. The number of para-hydroxylation sites is 8. The second-order valence-corrected chi connectivity index (χ2v) is 11.4. The fourth-order valence-corrected chi connectivity index (χ4v) is 6.81. The van der Waals surface area contributed by atoms with Gasteiger partial charge in [-0.25, -0.2) is 0 Å². The molecule has 0 N–H and O–H groups in total. The van der Waals surface area contributed by atoms with E-state index >= 15 is 0 Å². The second-order valence-electron chi connectivity index (χ2n) is 11.4. The fraction of sp³-hybridized carbons (Fsp3) is 0.0556. The summed E-state index contributed by atoms with van der Waals surface area (Å²) in [6.45, 7) is 3.93. The number of hydrogen-bond acceptors (Lipinski definition) is 8. The highest BCUT2D eigenvalue weighted by Gasteiger charge is 2.32. The van der Waals surface area contributed by atoms with E-state index in [9.17, 15) is 0 Å². The highest BCUT2D eigenvalue weighted by Crippen LogP contribution is 2.55. The Bertz CT molecular complexity index is 2460. The molecule has 5 aromatic carbocycles. The molecule has 2 aliphatic rings. The molecule has 8 aromatic rings. The lowest BCUT2D eigenvalue weighted by Gasteiger charge is -2.36. The largest absolute Gasteiger partial charge is 0.453 e. The van der Waals surface area contributed by atoms with Gasteiger partial charge in [0, 0.05) is 0 Å². The number of hydrogen-bond donors (Lipinski definition) is 0. The van der Waals surface area contributed by atoms with Gasteiger partial charge in [0.15, 0.2) is 23.0 Å². The van der Waals surface area contributed by atoms with Crippen molar-refractivity contribution in [3.8, 4) is 23.0 Å². The van der Waals surface area contributed by atoms with Crippen LogP contribution in [0.2, 0.25) is 0 Å². The SMILES string of the molecule is Cc1nnc2c3nnc(C)n3c3c(N4c5ccccc5Oc5ccccc54)cc(N4c5ccccc5Oc5ccccc54)cc3n12. The molecule has 0 amide bonds. The van der Waals surface area contributed by atoms with Crippen LogP contribution in [0.25, 0.3) is 22.3 Å². The molecular formula is C36H24N8O2. The van der Waals surface area contributed by atoms with E-state index in [1.54, 1.807) is 0 Å². The zero-order valence-corrected chi connectivity index (χ0v) is 24.8. The number of benzene rings is 5. The molecule has 0 saturated carbocycles. The van der Waals surface area contributed by atoms with Crippen LogP contribution in [0.5, 0.6) is 23.0 Å². The Morgan fingerprint density at radius 1 is 0.457 bits per heavy atom. The molecule has 0 fully saturated rings. The van der Waals surface area contributed by atoms with Gasteiger partial charge in [-0.05, 0) is 74.5 Å². The molecule has 0 unspecified atom stereocenters. The molecule has 0 saturated heterocycles. The number of ether oxygens (including phenoxy) is 2. The van der Waals surface area contributed by atoms with E-state index in [-0.39, 0.29) is 0 Å². The molecule has 220 valence electrons. The molecule has 0 atom stereocenters. The standard InChI is InChI=1S/C36H24N8O2/c1-21-37-39-35-36-40-38-22(2)42(36)34-28(41(21)35)19-23(43-24-11-3-7-15-30(24)45-31-16-8-4-12-25(31)43)20-29(34)44-26-13-5-9-17-32(26)46-33-18-10-6-14-27(33)44/h3-20H,1-2H3. The van der Waals surface area contributed by atoms with Crippen molar-refractivity contribution in [3.05, 3.63) is 121 Å². The molecule has 0 aliphatic carbocycles. The molecule has 5 heterocycles. The monoisotopic (exact) mass is 600 g/mol. The lowest BCUT2D eigenvalue weighted by molar-refractivity contribution is 0.477. The second kappa shape index (κ2) is 9.05. The molecule has 0 radical (unpaired) electrons. The average Bonchev–Trinajstić information content (AvgIpc) is 3.68. The summed E-state index contributed by atoms with van der Waals surface area (Å²) in [6.07, 6.45) is 0. The molecule has 46 heavy (non-hydrogen) atoms. The summed E-state index contributed by atoms with van der Waals surface area (Å²) in [7, 11) is 0. The number of fused-ring (bicyclic) bond motifs is 10. The fourth-order valence-electron chi connectivity index (χ4n) is 6.81. The van der Waals surface area contributed by atoms with Crippen molar-refractivity contribution < 1.29 is 9.47 Å². The average molecular weight is 601 g/mol. The lowest BCUT2D eigenvalue weighted by Crippen LogP contribution is -2.19. The molecule has 10 rings (SSSR count). The van der Waals surface area contributed by atoms with Gasteiger partial charge in [-0.15, -0.1) is 20.4 Å². The first-order valence-electron chi connectivity index (χ1n) is 15.0. The van der Waals surface area contributed by atoms with Crippen LogP contribution in [0.1, 0.15) is 11.6 Å². The number of rotatable bonds is 2. The Labute approximate surface area is 262 Å². The van der Waals surface area contributed by atoms with Crippen LogP contribution in [-0.2, 0) is 0 Å². The molecule has 0 bridgehead atoms. The van der Waals surface area contributed by atoms with Crippen LogP contribution in [-0.4, -0.2) is 29.2 Å². The van der Waals surface area contributed by atoms with Gasteiger partial charge in [0.05, 0.1) is 45.2 Å². The predicted octanol–water partition coefficient (Wildman–Crippen LogP) is 8.69. The van der Waals surface area contributed by atoms with E-state index in [2.05, 4.69) is 75.4 Å². The van der Waals surface area contributed by atoms with Gasteiger partial charge in [0.25, 0.3) is 0 Å². The highest BCUT2D eigenvalue weighted by atomic mass is 16.5. The zero-order chi connectivity index (χ0) is 30.5. The van der Waals surface area contributed by atoms with Gasteiger partial charge in [-0.3, -0.25) is 8.80 Å². The first-order chi connectivity index (χ1) is 22.7. The Morgan fingerprint density at radius 3 is 1.41 bits per heavy atom. The molecule has 3 aromatic heterocycles. The van der Waals surface area contributed by atoms with Crippen LogP contribution >= 0.6 is 0 Å². The van der Waals surface area contributed by atoms with Crippen molar-refractivity contribution in [2.24, 2.45) is 0 Å². The summed E-state index contributed by atoms with van der Waals surface area (Å²) < 4.78 is 17.0. The Kier molecular flexibility index (Phi) is 4.91. The van der Waals surface area contributed by atoms with E-state index in [4.69, 9.17) is 9.47 Å². The summed E-state index contributed by atoms with van der Waals surface area (Å²) in [5.41, 5.74) is 8.66. The molecular weight excluding hydrogens is 576 g/mol. The molecule has 10 nitrogen and oxygen atoms in total. The van der Waals surface area contributed by atoms with E-state index in [1.165, 1.54) is 0 Å². The third-order valence-corrected chi connectivity index (χ3v) is 8.73. The minimum Gasteiger partial charge on any atom is -0.453 e. The Morgan fingerprint density at radius 2 is 0.891 bits per heavy atom. The van der Waals surface area contributed by atoms with Gasteiger partial charge >= 0.3 is 0 Å². The maximum atomic E-state index is 6.43. The molecule has 10 heteroatoms. The summed E-state index contributed by atoms with van der Waals surface area (Å²) in [5.74, 6) is 4.58.